The van der Waals surface area contributed by atoms with Crippen LogP contribution < -0.4 is 10.6 Å². The molecule has 0 rings (SSSR count). The number of nitrogens with zero attached hydrogens (tertiary/aromatic N) is 2. The first-order valence-electron chi connectivity index (χ1n) is 7.78. The fourth-order valence-corrected chi connectivity index (χ4v) is 1.42. The van der Waals surface area contributed by atoms with Gasteiger partial charge in [-0.3, -0.25) is 10.6 Å². The Morgan fingerprint density at radius 1 is 0.667 bits per heavy atom. The Hall–Kier alpha value is -1.86. The Kier molecular flexibility index (Phi) is 6.79. The van der Waals surface area contributed by atoms with Crippen molar-refractivity contribution in [3.63, 3.8) is 0 Å². The molecule has 8 heteroatoms. The molecule has 0 aromatic carbocycles. The number of nitrogens with one attached hydrogen (secondary N) is 2. The van der Waals surface area contributed by atoms with E-state index >= 15 is 0 Å². The largest absolute Gasteiger partial charge is 0.453 e. The van der Waals surface area contributed by atoms with Crippen LogP contribution in [-0.4, -0.2) is 37.7 Å². The van der Waals surface area contributed by atoms with Crippen molar-refractivity contribution in [2.75, 3.05) is 14.2 Å². The Labute approximate surface area is 144 Å². The van der Waals surface area contributed by atoms with Crippen LogP contribution in [0.5, 0.6) is 0 Å². The topological polar surface area (TPSA) is 101 Å². The van der Waals surface area contributed by atoms with Crippen LogP contribution in [0.15, 0.2) is 10.2 Å². The normalized spacial score (nSPS) is 17.6. The van der Waals surface area contributed by atoms with Gasteiger partial charge in [0.2, 0.25) is 0 Å². The molecule has 0 heterocycles. The fraction of sp³-hybridized carbons (Fsp3) is 0.875. The third-order valence-electron chi connectivity index (χ3n) is 4.43. The van der Waals surface area contributed by atoms with Crippen LogP contribution in [0.3, 0.4) is 0 Å². The van der Waals surface area contributed by atoms with Gasteiger partial charge in [0.15, 0.2) is 11.3 Å². The number of carbonyl (C=O) groups is 2. The zero-order chi connectivity index (χ0) is 19.4. The molecule has 0 aromatic heterocycles. The van der Waals surface area contributed by atoms with Gasteiger partial charge in [-0.25, -0.2) is 9.59 Å². The zero-order valence-electron chi connectivity index (χ0n) is 16.5. The van der Waals surface area contributed by atoms with Crippen LogP contribution in [0.1, 0.15) is 55.4 Å². The molecule has 0 radical (unpaired) electrons. The summed E-state index contributed by atoms with van der Waals surface area (Å²) < 4.78 is 9.36. The number of hydrogen-bond donors (Lipinski definition) is 2. The average molecular weight is 344 g/mol. The summed E-state index contributed by atoms with van der Waals surface area (Å²) in [6, 6.07) is 0. The molecule has 0 bridgehead atoms. The van der Waals surface area contributed by atoms with Crippen LogP contribution in [0.2, 0.25) is 0 Å². The van der Waals surface area contributed by atoms with Crippen molar-refractivity contribution in [1.82, 2.24) is 10.6 Å². The maximum absolute atomic E-state index is 11.7. The van der Waals surface area contributed by atoms with Gasteiger partial charge in [-0.1, -0.05) is 41.5 Å². The smallest absolute Gasteiger partial charge is 0.408 e. The predicted octanol–water partition coefficient (Wildman–Crippen LogP) is 3.68. The molecule has 2 N–H and O–H groups in total. The molecular weight excluding hydrogens is 312 g/mol. The fourth-order valence-electron chi connectivity index (χ4n) is 1.42. The van der Waals surface area contributed by atoms with Gasteiger partial charge in [0, 0.05) is 10.8 Å². The molecule has 8 nitrogen and oxygen atoms in total. The lowest BCUT2D eigenvalue weighted by Gasteiger charge is -2.41. The van der Waals surface area contributed by atoms with Crippen LogP contribution in [0.25, 0.3) is 0 Å². The first kappa shape index (κ1) is 22.1. The molecule has 2 atom stereocenters. The van der Waals surface area contributed by atoms with E-state index in [4.69, 9.17) is 0 Å². The van der Waals surface area contributed by atoms with Gasteiger partial charge in [-0.05, 0) is 13.8 Å². The van der Waals surface area contributed by atoms with Gasteiger partial charge in [-0.15, -0.1) is 0 Å². The number of amides is 2. The van der Waals surface area contributed by atoms with Gasteiger partial charge >= 0.3 is 12.2 Å². The highest BCUT2D eigenvalue weighted by atomic mass is 16.5. The van der Waals surface area contributed by atoms with E-state index in [2.05, 4.69) is 30.3 Å². The maximum Gasteiger partial charge on any atom is 0.408 e. The number of rotatable bonds is 4. The number of alkyl carbamates (subject to hydrolysis) is 2. The van der Waals surface area contributed by atoms with E-state index in [-0.39, 0.29) is 0 Å². The molecule has 0 saturated carbocycles. The molecule has 140 valence electrons. The van der Waals surface area contributed by atoms with E-state index in [1.807, 2.05) is 41.5 Å². The summed E-state index contributed by atoms with van der Waals surface area (Å²) >= 11 is 0. The molecule has 2 amide bonds. The SMILES string of the molecule is COC(=O)NC(C)(N=NC(C)(NC(=O)OC)C(C)(C)C)C(C)(C)C. The van der Waals surface area contributed by atoms with E-state index in [9.17, 15) is 9.59 Å². The van der Waals surface area contributed by atoms with Gasteiger partial charge in [0.1, 0.15) is 0 Å². The van der Waals surface area contributed by atoms with Crippen LogP contribution in [-0.2, 0) is 9.47 Å². The first-order valence-corrected chi connectivity index (χ1v) is 7.78. The summed E-state index contributed by atoms with van der Waals surface area (Å²) in [4.78, 5) is 23.4. The lowest BCUT2D eigenvalue weighted by Crippen LogP contribution is -2.56. The molecule has 24 heavy (non-hydrogen) atoms. The van der Waals surface area contributed by atoms with Crippen molar-refractivity contribution in [3.05, 3.63) is 0 Å². The third kappa shape index (κ3) is 5.35. The Balaban J connectivity index is 5.85. The van der Waals surface area contributed by atoms with Crippen LogP contribution in [0, 0.1) is 10.8 Å². The first-order chi connectivity index (χ1) is 10.6. The molecule has 0 aromatic rings. The number of hydrogen-bond acceptors (Lipinski definition) is 6. The van der Waals surface area contributed by atoms with E-state index < -0.39 is 34.3 Å². The quantitative estimate of drug-likeness (QED) is 0.760. The monoisotopic (exact) mass is 344 g/mol. The highest BCUT2D eigenvalue weighted by Crippen LogP contribution is 2.36. The number of carbonyl (C=O) groups excluding carboxylic acids is 2. The number of methoxy groups -OCH3 is 2. The van der Waals surface area contributed by atoms with Crippen molar-refractivity contribution >= 4 is 12.2 Å². The summed E-state index contributed by atoms with van der Waals surface area (Å²) in [6.07, 6.45) is -1.21. The molecule has 0 aliphatic heterocycles. The Morgan fingerprint density at radius 3 is 1.08 bits per heavy atom. The average Bonchev–Trinajstić information content (AvgIpc) is 2.42. The molecule has 2 unspecified atom stereocenters. The van der Waals surface area contributed by atoms with Gasteiger partial charge in [0.25, 0.3) is 0 Å². The molecular formula is C16H32N4O4. The lowest BCUT2D eigenvalue weighted by atomic mass is 9.81. The summed E-state index contributed by atoms with van der Waals surface area (Å²) in [5, 5.41) is 14.2. The lowest BCUT2D eigenvalue weighted by molar-refractivity contribution is 0.0957. The molecule has 0 saturated heterocycles. The second-order valence-electron chi connectivity index (χ2n) is 8.08. The molecule has 0 spiro atoms. The zero-order valence-corrected chi connectivity index (χ0v) is 16.5. The molecule has 0 fully saturated rings. The van der Waals surface area contributed by atoms with Gasteiger partial charge in [-0.2, -0.15) is 10.2 Å². The minimum absolute atomic E-state index is 0.450. The van der Waals surface area contributed by atoms with Crippen molar-refractivity contribution < 1.29 is 19.1 Å². The summed E-state index contributed by atoms with van der Waals surface area (Å²) in [5.41, 5.74) is -2.97. The van der Waals surface area contributed by atoms with E-state index in [0.29, 0.717) is 0 Å². The van der Waals surface area contributed by atoms with Crippen LogP contribution >= 0.6 is 0 Å². The van der Waals surface area contributed by atoms with E-state index in [1.165, 1.54) is 14.2 Å². The summed E-state index contributed by atoms with van der Waals surface area (Å²) in [7, 11) is 2.57. The predicted molar refractivity (Wildman–Crippen MR) is 91.7 cm³/mol. The minimum atomic E-state index is -1.04. The van der Waals surface area contributed by atoms with Gasteiger partial charge in [0.05, 0.1) is 14.2 Å². The van der Waals surface area contributed by atoms with Crippen molar-refractivity contribution in [1.29, 1.82) is 0 Å². The number of ether oxygens (including phenoxy) is 2. The Bertz CT molecular complexity index is 449. The molecule has 0 aliphatic rings. The standard InChI is InChI=1S/C16H32N4O4/c1-13(2,3)15(7,17-11(21)23-9)19-20-16(8,14(4,5)6)18-12(22)24-10/h1-10H3,(H,17,21)(H,18,22). The second kappa shape index (κ2) is 7.36. The van der Waals surface area contributed by atoms with E-state index in [0.717, 1.165) is 0 Å². The summed E-state index contributed by atoms with van der Waals surface area (Å²) in [6.45, 7) is 15.0. The number of azo groups is 1. The van der Waals surface area contributed by atoms with Crippen LogP contribution in [0.4, 0.5) is 9.59 Å². The summed E-state index contributed by atoms with van der Waals surface area (Å²) in [5.74, 6) is 0. The minimum Gasteiger partial charge on any atom is -0.453 e. The van der Waals surface area contributed by atoms with Crippen molar-refractivity contribution in [2.24, 2.45) is 21.1 Å². The second-order valence-corrected chi connectivity index (χ2v) is 8.08. The highest BCUT2D eigenvalue weighted by Gasteiger charge is 2.44. The van der Waals surface area contributed by atoms with Gasteiger partial charge < -0.3 is 9.47 Å². The molecule has 0 aliphatic carbocycles. The van der Waals surface area contributed by atoms with Crippen molar-refractivity contribution in [3.8, 4) is 0 Å². The Morgan fingerprint density at radius 2 is 0.917 bits per heavy atom. The third-order valence-corrected chi connectivity index (χ3v) is 4.43. The van der Waals surface area contributed by atoms with Crippen molar-refractivity contribution in [2.45, 2.75) is 66.7 Å². The highest BCUT2D eigenvalue weighted by molar-refractivity contribution is 5.68. The van der Waals surface area contributed by atoms with E-state index in [1.54, 1.807) is 13.8 Å². The maximum atomic E-state index is 11.7.